The molecule has 1 aliphatic carbocycles. The Morgan fingerprint density at radius 3 is 2.56 bits per heavy atom. The number of carbonyl (C=O) groups excluding carboxylic acids is 1. The van der Waals surface area contributed by atoms with Crippen LogP contribution in [0.4, 0.5) is 0 Å². The first kappa shape index (κ1) is 18.2. The van der Waals surface area contributed by atoms with E-state index in [9.17, 15) is 4.79 Å². The molecule has 0 saturated carbocycles. The predicted molar refractivity (Wildman–Crippen MR) is 105 cm³/mol. The quantitative estimate of drug-likeness (QED) is 0.871. The van der Waals surface area contributed by atoms with Gasteiger partial charge in [0.05, 0.1) is 11.7 Å². The molecule has 144 valence electrons. The molecule has 1 fully saturated rings. The number of amides is 1. The minimum Gasteiger partial charge on any atom is -0.350 e. The van der Waals surface area contributed by atoms with Gasteiger partial charge in [0.25, 0.3) is 5.91 Å². The van der Waals surface area contributed by atoms with Crippen molar-refractivity contribution in [2.24, 2.45) is 0 Å². The van der Waals surface area contributed by atoms with Crippen molar-refractivity contribution in [1.29, 1.82) is 0 Å². The Bertz CT molecular complexity index is 748. The second-order valence-corrected chi connectivity index (χ2v) is 7.73. The third-order valence-electron chi connectivity index (χ3n) is 5.89. The largest absolute Gasteiger partial charge is 0.350 e. The molecule has 0 unspecified atom stereocenters. The van der Waals surface area contributed by atoms with Crippen LogP contribution in [0.5, 0.6) is 0 Å². The SMILES string of the molecule is O=C(NC[C@@H](c1ccccc1)N1CCCCCC1)c1onc2c1CCCC2. The summed E-state index contributed by atoms with van der Waals surface area (Å²) in [5.74, 6) is 0.300. The fraction of sp³-hybridized carbons (Fsp3) is 0.545. The Kier molecular flexibility index (Phi) is 5.87. The summed E-state index contributed by atoms with van der Waals surface area (Å²) in [6.45, 7) is 2.78. The minimum atomic E-state index is -0.124. The van der Waals surface area contributed by atoms with E-state index in [1.807, 2.05) is 6.07 Å². The lowest BCUT2D eigenvalue weighted by Gasteiger charge is -2.31. The third kappa shape index (κ3) is 4.24. The van der Waals surface area contributed by atoms with E-state index in [1.165, 1.54) is 31.2 Å². The van der Waals surface area contributed by atoms with Gasteiger partial charge in [-0.2, -0.15) is 0 Å². The zero-order chi connectivity index (χ0) is 18.5. The standard InChI is InChI=1S/C22H29N3O2/c26-22(21-18-12-6-7-13-19(18)24-27-21)23-16-20(17-10-4-3-5-11-17)25-14-8-1-2-9-15-25/h3-5,10-11,20H,1-2,6-9,12-16H2,(H,23,26)/t20-/m0/s1. The average molecular weight is 367 g/mol. The zero-order valence-electron chi connectivity index (χ0n) is 16.0. The van der Waals surface area contributed by atoms with Gasteiger partial charge < -0.3 is 9.84 Å². The Labute approximate surface area is 161 Å². The van der Waals surface area contributed by atoms with Crippen LogP contribution in [0.15, 0.2) is 34.9 Å². The van der Waals surface area contributed by atoms with Crippen LogP contribution in [0.1, 0.15) is 71.9 Å². The lowest BCUT2D eigenvalue weighted by molar-refractivity contribution is 0.0895. The van der Waals surface area contributed by atoms with Gasteiger partial charge in [0.1, 0.15) is 0 Å². The number of fused-ring (bicyclic) bond motifs is 1. The summed E-state index contributed by atoms with van der Waals surface area (Å²) in [6.07, 6.45) is 9.12. The molecule has 1 aromatic heterocycles. The molecule has 1 atom stereocenters. The summed E-state index contributed by atoms with van der Waals surface area (Å²) >= 11 is 0. The van der Waals surface area contributed by atoms with Crippen molar-refractivity contribution in [2.45, 2.75) is 57.4 Å². The predicted octanol–water partition coefficient (Wildman–Crippen LogP) is 3.90. The summed E-state index contributed by atoms with van der Waals surface area (Å²) in [6, 6.07) is 10.7. The second-order valence-electron chi connectivity index (χ2n) is 7.73. The van der Waals surface area contributed by atoms with E-state index in [1.54, 1.807) is 0 Å². The molecule has 1 aliphatic heterocycles. The molecule has 27 heavy (non-hydrogen) atoms. The maximum Gasteiger partial charge on any atom is 0.290 e. The number of likely N-dealkylation sites (tertiary alicyclic amines) is 1. The first-order chi connectivity index (χ1) is 13.3. The highest BCUT2D eigenvalue weighted by Gasteiger charge is 2.26. The maximum atomic E-state index is 12.8. The maximum absolute atomic E-state index is 12.8. The number of benzene rings is 1. The van der Waals surface area contributed by atoms with Crippen molar-refractivity contribution < 1.29 is 9.32 Å². The molecule has 2 heterocycles. The van der Waals surface area contributed by atoms with E-state index in [2.05, 4.69) is 39.6 Å². The van der Waals surface area contributed by atoms with Crippen LogP contribution >= 0.6 is 0 Å². The fourth-order valence-electron chi connectivity index (χ4n) is 4.38. The molecule has 0 radical (unpaired) electrons. The van der Waals surface area contributed by atoms with Crippen molar-refractivity contribution in [3.63, 3.8) is 0 Å². The van der Waals surface area contributed by atoms with Crippen LogP contribution in [0.25, 0.3) is 0 Å². The molecule has 4 rings (SSSR count). The molecule has 0 bridgehead atoms. The fourth-order valence-corrected chi connectivity index (χ4v) is 4.38. The van der Waals surface area contributed by atoms with Gasteiger partial charge >= 0.3 is 0 Å². The van der Waals surface area contributed by atoms with E-state index in [0.717, 1.165) is 50.0 Å². The molecule has 5 heteroatoms. The van der Waals surface area contributed by atoms with Gasteiger partial charge in [-0.1, -0.05) is 48.3 Å². The molecule has 1 amide bonds. The van der Waals surface area contributed by atoms with Crippen LogP contribution in [0, 0.1) is 0 Å². The number of hydrogen-bond donors (Lipinski definition) is 1. The summed E-state index contributed by atoms with van der Waals surface area (Å²) in [4.78, 5) is 15.3. The molecule has 2 aromatic rings. The van der Waals surface area contributed by atoms with Crippen molar-refractivity contribution in [1.82, 2.24) is 15.4 Å². The number of hydrogen-bond acceptors (Lipinski definition) is 4. The molecule has 1 N–H and O–H groups in total. The van der Waals surface area contributed by atoms with E-state index in [0.29, 0.717) is 12.3 Å². The molecule has 2 aliphatic rings. The van der Waals surface area contributed by atoms with Crippen LogP contribution in [-0.4, -0.2) is 35.6 Å². The third-order valence-corrected chi connectivity index (χ3v) is 5.89. The smallest absolute Gasteiger partial charge is 0.290 e. The Hall–Kier alpha value is -2.14. The average Bonchev–Trinajstić information content (AvgIpc) is 2.96. The van der Waals surface area contributed by atoms with Gasteiger partial charge in [0.15, 0.2) is 0 Å². The number of carbonyl (C=O) groups is 1. The number of nitrogens with zero attached hydrogens (tertiary/aromatic N) is 2. The van der Waals surface area contributed by atoms with Crippen LogP contribution < -0.4 is 5.32 Å². The minimum absolute atomic E-state index is 0.124. The Morgan fingerprint density at radius 1 is 1.04 bits per heavy atom. The van der Waals surface area contributed by atoms with Gasteiger partial charge in [-0.3, -0.25) is 9.69 Å². The number of aryl methyl sites for hydroxylation is 1. The first-order valence-electron chi connectivity index (χ1n) is 10.4. The van der Waals surface area contributed by atoms with Gasteiger partial charge in [0.2, 0.25) is 5.76 Å². The Balaban J connectivity index is 1.48. The number of nitrogens with one attached hydrogen (secondary N) is 1. The van der Waals surface area contributed by atoms with Crippen molar-refractivity contribution in [2.75, 3.05) is 19.6 Å². The van der Waals surface area contributed by atoms with Crippen molar-refractivity contribution in [3.8, 4) is 0 Å². The van der Waals surface area contributed by atoms with E-state index >= 15 is 0 Å². The summed E-state index contributed by atoms with van der Waals surface area (Å²) in [7, 11) is 0. The number of aromatic nitrogens is 1. The van der Waals surface area contributed by atoms with Crippen LogP contribution in [0.2, 0.25) is 0 Å². The second kappa shape index (κ2) is 8.70. The van der Waals surface area contributed by atoms with Crippen LogP contribution in [0.3, 0.4) is 0 Å². The zero-order valence-corrected chi connectivity index (χ0v) is 16.0. The molecule has 0 spiro atoms. The van der Waals surface area contributed by atoms with E-state index in [4.69, 9.17) is 4.52 Å². The molecular weight excluding hydrogens is 338 g/mol. The summed E-state index contributed by atoms with van der Waals surface area (Å²) < 4.78 is 5.41. The highest BCUT2D eigenvalue weighted by molar-refractivity contribution is 5.93. The lowest BCUT2D eigenvalue weighted by atomic mass is 9.96. The van der Waals surface area contributed by atoms with Crippen LogP contribution in [-0.2, 0) is 12.8 Å². The van der Waals surface area contributed by atoms with Crippen molar-refractivity contribution in [3.05, 3.63) is 52.9 Å². The lowest BCUT2D eigenvalue weighted by Crippen LogP contribution is -2.38. The molecule has 1 saturated heterocycles. The van der Waals surface area contributed by atoms with Gasteiger partial charge in [-0.15, -0.1) is 0 Å². The summed E-state index contributed by atoms with van der Waals surface area (Å²) in [5.41, 5.74) is 3.25. The first-order valence-corrected chi connectivity index (χ1v) is 10.4. The molecular formula is C22H29N3O2. The van der Waals surface area contributed by atoms with Gasteiger partial charge in [-0.05, 0) is 57.2 Å². The summed E-state index contributed by atoms with van der Waals surface area (Å²) in [5, 5.41) is 7.26. The molecule has 5 nitrogen and oxygen atoms in total. The highest BCUT2D eigenvalue weighted by atomic mass is 16.5. The number of rotatable bonds is 5. The normalized spacial score (nSPS) is 19.1. The highest BCUT2D eigenvalue weighted by Crippen LogP contribution is 2.26. The van der Waals surface area contributed by atoms with Gasteiger partial charge in [-0.25, -0.2) is 0 Å². The molecule has 1 aromatic carbocycles. The van der Waals surface area contributed by atoms with Gasteiger partial charge in [0, 0.05) is 12.1 Å². The van der Waals surface area contributed by atoms with E-state index < -0.39 is 0 Å². The van der Waals surface area contributed by atoms with Crippen molar-refractivity contribution >= 4 is 5.91 Å². The topological polar surface area (TPSA) is 58.4 Å². The monoisotopic (exact) mass is 367 g/mol. The van der Waals surface area contributed by atoms with E-state index in [-0.39, 0.29) is 11.9 Å². The Morgan fingerprint density at radius 2 is 1.78 bits per heavy atom.